The molecule has 186 valence electrons. The van der Waals surface area contributed by atoms with Crippen LogP contribution >= 0.6 is 0 Å². The molecule has 2 atom stereocenters. The third-order valence-electron chi connectivity index (χ3n) is 8.19. The van der Waals surface area contributed by atoms with Crippen LogP contribution in [-0.2, 0) is 29.6 Å². The van der Waals surface area contributed by atoms with Crippen molar-refractivity contribution in [1.29, 1.82) is 0 Å². The first-order valence-electron chi connectivity index (χ1n) is 13.3. The Morgan fingerprint density at radius 1 is 0.784 bits per heavy atom. The largest absolute Gasteiger partial charge is 0.346 e. The van der Waals surface area contributed by atoms with Crippen molar-refractivity contribution in [1.82, 2.24) is 4.90 Å². The summed E-state index contributed by atoms with van der Waals surface area (Å²) in [6, 6.07) is 36.7. The Labute approximate surface area is 220 Å². The standard InChI is InChI=1S/C34H34N2O/c1-25-10-8-14-28(20-25)23-34-18-19-35(32(37)22-27-12-4-3-5-13-27)33(34)36(31-17-7-6-16-30(31)34)24-29-15-9-11-26(2)21-29/h3-17,20-21,33H,18-19,22-24H2,1-2H3. The molecule has 2 aliphatic rings. The van der Waals surface area contributed by atoms with Crippen LogP contribution in [0.4, 0.5) is 5.69 Å². The van der Waals surface area contributed by atoms with Gasteiger partial charge >= 0.3 is 0 Å². The number of benzene rings is 4. The lowest BCUT2D eigenvalue weighted by atomic mass is 9.74. The van der Waals surface area contributed by atoms with Crippen LogP contribution < -0.4 is 4.90 Å². The summed E-state index contributed by atoms with van der Waals surface area (Å²) in [5.74, 6) is 0.212. The number of rotatable bonds is 6. The van der Waals surface area contributed by atoms with Gasteiger partial charge in [0.2, 0.25) is 5.91 Å². The van der Waals surface area contributed by atoms with Crippen molar-refractivity contribution in [2.45, 2.75) is 51.2 Å². The van der Waals surface area contributed by atoms with Crippen LogP contribution in [0.3, 0.4) is 0 Å². The van der Waals surface area contributed by atoms with Gasteiger partial charge in [0, 0.05) is 24.2 Å². The monoisotopic (exact) mass is 486 g/mol. The van der Waals surface area contributed by atoms with Crippen LogP contribution in [0.5, 0.6) is 0 Å². The lowest BCUT2D eigenvalue weighted by molar-refractivity contribution is -0.131. The van der Waals surface area contributed by atoms with E-state index < -0.39 is 0 Å². The molecule has 2 unspecified atom stereocenters. The number of nitrogens with zero attached hydrogens (tertiary/aromatic N) is 2. The topological polar surface area (TPSA) is 23.6 Å². The second-order valence-electron chi connectivity index (χ2n) is 10.8. The third-order valence-corrected chi connectivity index (χ3v) is 8.19. The molecule has 2 heterocycles. The number of hydrogen-bond donors (Lipinski definition) is 0. The Bertz CT molecular complexity index is 1430. The fraction of sp³-hybridized carbons (Fsp3) is 0.265. The number of carbonyl (C=O) groups is 1. The molecule has 6 rings (SSSR count). The van der Waals surface area contributed by atoms with Crippen molar-refractivity contribution in [2.24, 2.45) is 0 Å². The first-order valence-corrected chi connectivity index (χ1v) is 13.3. The van der Waals surface area contributed by atoms with E-state index in [1.807, 2.05) is 18.2 Å². The molecule has 0 aliphatic carbocycles. The number of fused-ring (bicyclic) bond motifs is 3. The van der Waals surface area contributed by atoms with Crippen molar-refractivity contribution in [3.05, 3.63) is 137 Å². The third kappa shape index (κ3) is 4.33. The molecule has 1 fully saturated rings. The molecule has 0 aromatic heterocycles. The van der Waals surface area contributed by atoms with Crippen LogP contribution in [0.15, 0.2) is 103 Å². The van der Waals surface area contributed by atoms with Crippen molar-refractivity contribution in [3.8, 4) is 0 Å². The van der Waals surface area contributed by atoms with Crippen LogP contribution in [-0.4, -0.2) is 23.5 Å². The number of carbonyl (C=O) groups excluding carboxylic acids is 1. The average Bonchev–Trinajstić information content (AvgIpc) is 3.38. The summed E-state index contributed by atoms with van der Waals surface area (Å²) in [6.07, 6.45) is 2.32. The molecule has 2 aliphatic heterocycles. The van der Waals surface area contributed by atoms with Gasteiger partial charge in [0.05, 0.1) is 6.42 Å². The summed E-state index contributed by atoms with van der Waals surface area (Å²) >= 11 is 0. The number of likely N-dealkylation sites (tertiary alicyclic amines) is 1. The van der Waals surface area contributed by atoms with E-state index >= 15 is 0 Å². The second kappa shape index (κ2) is 9.55. The number of amides is 1. The zero-order valence-corrected chi connectivity index (χ0v) is 21.7. The van der Waals surface area contributed by atoms with E-state index in [4.69, 9.17) is 0 Å². The minimum absolute atomic E-state index is 0.0119. The SMILES string of the molecule is Cc1cccc(CN2c3ccccc3C3(Cc4cccc(C)c4)CCN(C(=O)Cc4ccccc4)C23)c1. The van der Waals surface area contributed by atoms with E-state index in [9.17, 15) is 4.79 Å². The fourth-order valence-corrected chi connectivity index (χ4v) is 6.66. The Hall–Kier alpha value is -3.85. The van der Waals surface area contributed by atoms with Gasteiger partial charge in [0.25, 0.3) is 0 Å². The lowest BCUT2D eigenvalue weighted by Crippen LogP contribution is -2.52. The average molecular weight is 487 g/mol. The predicted octanol–water partition coefficient (Wildman–Crippen LogP) is 6.61. The van der Waals surface area contributed by atoms with Gasteiger partial charge in [-0.25, -0.2) is 0 Å². The van der Waals surface area contributed by atoms with Gasteiger partial charge in [0.1, 0.15) is 6.17 Å². The minimum atomic E-state index is -0.138. The summed E-state index contributed by atoms with van der Waals surface area (Å²) in [6.45, 7) is 5.87. The molecule has 4 aromatic rings. The van der Waals surface area contributed by atoms with Crippen molar-refractivity contribution >= 4 is 11.6 Å². The van der Waals surface area contributed by atoms with E-state index in [0.29, 0.717) is 6.42 Å². The summed E-state index contributed by atoms with van der Waals surface area (Å²) < 4.78 is 0. The van der Waals surface area contributed by atoms with Gasteiger partial charge in [-0.15, -0.1) is 0 Å². The molecule has 0 N–H and O–H groups in total. The molecule has 0 spiro atoms. The van der Waals surface area contributed by atoms with Crippen molar-refractivity contribution in [2.75, 3.05) is 11.4 Å². The number of hydrogen-bond acceptors (Lipinski definition) is 2. The lowest BCUT2D eigenvalue weighted by Gasteiger charge is -2.39. The Morgan fingerprint density at radius 2 is 1.43 bits per heavy atom. The van der Waals surface area contributed by atoms with E-state index in [0.717, 1.165) is 31.5 Å². The molecule has 3 nitrogen and oxygen atoms in total. The molecule has 0 radical (unpaired) electrons. The Kier molecular flexibility index (Phi) is 6.08. The maximum Gasteiger partial charge on any atom is 0.228 e. The number of para-hydroxylation sites is 1. The van der Waals surface area contributed by atoms with Crippen LogP contribution in [0.25, 0.3) is 0 Å². The van der Waals surface area contributed by atoms with E-state index in [-0.39, 0.29) is 17.5 Å². The smallest absolute Gasteiger partial charge is 0.228 e. The number of aryl methyl sites for hydroxylation is 2. The first-order chi connectivity index (χ1) is 18.0. The second-order valence-corrected chi connectivity index (χ2v) is 10.8. The van der Waals surface area contributed by atoms with Gasteiger partial charge in [-0.2, -0.15) is 0 Å². The first kappa shape index (κ1) is 23.5. The van der Waals surface area contributed by atoms with Crippen LogP contribution in [0.1, 0.15) is 39.8 Å². The molecule has 0 saturated carbocycles. The van der Waals surface area contributed by atoms with Gasteiger partial charge in [0.15, 0.2) is 0 Å². The predicted molar refractivity (Wildman–Crippen MR) is 151 cm³/mol. The van der Waals surface area contributed by atoms with Crippen molar-refractivity contribution < 1.29 is 4.79 Å². The maximum atomic E-state index is 13.9. The Balaban J connectivity index is 1.44. The van der Waals surface area contributed by atoms with Gasteiger partial charge < -0.3 is 9.80 Å². The zero-order chi connectivity index (χ0) is 25.4. The highest BCUT2D eigenvalue weighted by atomic mass is 16.2. The van der Waals surface area contributed by atoms with Gasteiger partial charge in [-0.3, -0.25) is 4.79 Å². The van der Waals surface area contributed by atoms with E-state index in [2.05, 4.69) is 109 Å². The zero-order valence-electron chi connectivity index (χ0n) is 21.7. The highest BCUT2D eigenvalue weighted by molar-refractivity contribution is 5.82. The Morgan fingerprint density at radius 3 is 2.19 bits per heavy atom. The molecule has 37 heavy (non-hydrogen) atoms. The maximum absolute atomic E-state index is 13.9. The van der Waals surface area contributed by atoms with Crippen LogP contribution in [0, 0.1) is 13.8 Å². The quantitative estimate of drug-likeness (QED) is 0.306. The number of anilines is 1. The summed E-state index contributed by atoms with van der Waals surface area (Å²) in [5.41, 5.74) is 8.74. The van der Waals surface area contributed by atoms with Crippen LogP contribution in [0.2, 0.25) is 0 Å². The molecular formula is C34H34N2O. The van der Waals surface area contributed by atoms with Gasteiger partial charge in [-0.1, -0.05) is 108 Å². The van der Waals surface area contributed by atoms with E-state index in [1.54, 1.807) is 0 Å². The fourth-order valence-electron chi connectivity index (χ4n) is 6.66. The summed E-state index contributed by atoms with van der Waals surface area (Å²) in [4.78, 5) is 18.6. The molecule has 0 bridgehead atoms. The molecular weight excluding hydrogens is 452 g/mol. The molecule has 4 aromatic carbocycles. The van der Waals surface area contributed by atoms with Gasteiger partial charge in [-0.05, 0) is 55.0 Å². The normalized spacial score (nSPS) is 20.1. The summed E-state index contributed by atoms with van der Waals surface area (Å²) in [7, 11) is 0. The summed E-state index contributed by atoms with van der Waals surface area (Å²) in [5, 5.41) is 0. The molecule has 1 amide bonds. The minimum Gasteiger partial charge on any atom is -0.346 e. The van der Waals surface area contributed by atoms with E-state index in [1.165, 1.54) is 33.5 Å². The highest BCUT2D eigenvalue weighted by Gasteiger charge is 2.58. The highest BCUT2D eigenvalue weighted by Crippen LogP contribution is 2.54. The molecule has 3 heteroatoms. The van der Waals surface area contributed by atoms with Crippen molar-refractivity contribution in [3.63, 3.8) is 0 Å². The molecule has 1 saturated heterocycles.